The molecule has 0 aliphatic rings. The molecule has 0 saturated heterocycles. The predicted molar refractivity (Wildman–Crippen MR) is 66.5 cm³/mol. The van der Waals surface area contributed by atoms with E-state index in [1.807, 2.05) is 33.9 Å². The summed E-state index contributed by atoms with van der Waals surface area (Å²) >= 11 is 1.61. The fourth-order valence-electron chi connectivity index (χ4n) is 1.38. The third kappa shape index (κ3) is 3.57. The monoisotopic (exact) mass is 241 g/mol. The number of amides is 1. The van der Waals surface area contributed by atoms with Crippen molar-refractivity contribution in [3.8, 4) is 0 Å². The molecule has 1 rings (SSSR count). The van der Waals surface area contributed by atoms with Gasteiger partial charge in [0.05, 0.1) is 12.1 Å². The zero-order chi connectivity index (χ0) is 12.2. The second-order valence-electron chi connectivity index (χ2n) is 4.20. The molecular formula is C11H19N3OS. The number of rotatable bonds is 5. The Morgan fingerprint density at radius 2 is 2.25 bits per heavy atom. The van der Waals surface area contributed by atoms with E-state index in [4.69, 9.17) is 0 Å². The Labute approximate surface area is 100 Å². The number of hydrogen-bond donors (Lipinski definition) is 2. The molecule has 1 heterocycles. The molecule has 0 spiro atoms. The van der Waals surface area contributed by atoms with Crippen LogP contribution in [0.2, 0.25) is 0 Å². The Kier molecular flexibility index (Phi) is 4.44. The topological polar surface area (TPSA) is 54.0 Å². The fraction of sp³-hybridized carbons (Fsp3) is 0.636. The molecule has 1 amide bonds. The van der Waals surface area contributed by atoms with E-state index >= 15 is 0 Å². The Morgan fingerprint density at radius 3 is 2.75 bits per heavy atom. The van der Waals surface area contributed by atoms with Crippen molar-refractivity contribution in [1.29, 1.82) is 0 Å². The van der Waals surface area contributed by atoms with Crippen LogP contribution < -0.4 is 10.6 Å². The lowest BCUT2D eigenvalue weighted by molar-refractivity contribution is -0.126. The van der Waals surface area contributed by atoms with E-state index in [-0.39, 0.29) is 5.91 Å². The molecular weight excluding hydrogens is 222 g/mol. The minimum absolute atomic E-state index is 0.00204. The number of likely N-dealkylation sites (N-methyl/N-ethyl adjacent to an activating group) is 1. The minimum atomic E-state index is -0.527. The van der Waals surface area contributed by atoms with E-state index in [0.717, 1.165) is 16.4 Å². The van der Waals surface area contributed by atoms with Gasteiger partial charge >= 0.3 is 0 Å². The predicted octanol–water partition coefficient (Wildman–Crippen LogP) is 1.46. The van der Waals surface area contributed by atoms with Crippen LogP contribution in [0.1, 0.15) is 30.7 Å². The van der Waals surface area contributed by atoms with Crippen LogP contribution in [0.4, 0.5) is 0 Å². The maximum atomic E-state index is 11.8. The van der Waals surface area contributed by atoms with E-state index in [1.165, 1.54) is 0 Å². The molecule has 90 valence electrons. The standard InChI is InChI=1S/C11H19N3OS/c1-5-14-11(3,4)10(15)13-7-9-12-6-8(2)16-9/h6,14H,5,7H2,1-4H3,(H,13,15). The van der Waals surface area contributed by atoms with Crippen molar-refractivity contribution >= 4 is 17.2 Å². The number of nitrogens with zero attached hydrogens (tertiary/aromatic N) is 1. The Bertz CT molecular complexity index is 360. The van der Waals surface area contributed by atoms with Gasteiger partial charge in [-0.25, -0.2) is 4.98 Å². The van der Waals surface area contributed by atoms with Gasteiger partial charge in [-0.3, -0.25) is 4.79 Å². The summed E-state index contributed by atoms with van der Waals surface area (Å²) in [5, 5.41) is 6.96. The summed E-state index contributed by atoms with van der Waals surface area (Å²) in [5.74, 6) is 0.00204. The van der Waals surface area contributed by atoms with Crippen LogP contribution in [-0.2, 0) is 11.3 Å². The van der Waals surface area contributed by atoms with Gasteiger partial charge < -0.3 is 10.6 Å². The Hall–Kier alpha value is -0.940. The molecule has 0 aromatic carbocycles. The first-order chi connectivity index (χ1) is 7.45. The smallest absolute Gasteiger partial charge is 0.240 e. The SMILES string of the molecule is CCNC(C)(C)C(=O)NCc1ncc(C)s1. The van der Waals surface area contributed by atoms with Crippen LogP contribution in [-0.4, -0.2) is 23.0 Å². The van der Waals surface area contributed by atoms with Crippen molar-refractivity contribution in [3.63, 3.8) is 0 Å². The third-order valence-corrected chi connectivity index (χ3v) is 3.17. The lowest BCUT2D eigenvalue weighted by Gasteiger charge is -2.24. The summed E-state index contributed by atoms with van der Waals surface area (Å²) in [5.41, 5.74) is -0.527. The maximum absolute atomic E-state index is 11.8. The van der Waals surface area contributed by atoms with Gasteiger partial charge in [-0.05, 0) is 27.3 Å². The molecule has 0 saturated carbocycles. The first kappa shape index (κ1) is 13.1. The zero-order valence-electron chi connectivity index (χ0n) is 10.3. The van der Waals surface area contributed by atoms with Gasteiger partial charge in [-0.2, -0.15) is 0 Å². The van der Waals surface area contributed by atoms with Crippen molar-refractivity contribution in [2.75, 3.05) is 6.54 Å². The molecule has 5 heteroatoms. The lowest BCUT2D eigenvalue weighted by Crippen LogP contribution is -2.52. The number of aryl methyl sites for hydroxylation is 1. The average Bonchev–Trinajstić information content (AvgIpc) is 2.60. The largest absolute Gasteiger partial charge is 0.348 e. The average molecular weight is 241 g/mol. The van der Waals surface area contributed by atoms with Gasteiger partial charge in [-0.15, -0.1) is 11.3 Å². The fourth-order valence-corrected chi connectivity index (χ4v) is 2.11. The number of aromatic nitrogens is 1. The molecule has 0 bridgehead atoms. The Balaban J connectivity index is 2.46. The number of carbonyl (C=O) groups excluding carboxylic acids is 1. The van der Waals surface area contributed by atoms with Crippen LogP contribution in [0, 0.1) is 6.92 Å². The summed E-state index contributed by atoms with van der Waals surface area (Å²) in [4.78, 5) is 17.2. The maximum Gasteiger partial charge on any atom is 0.240 e. The lowest BCUT2D eigenvalue weighted by atomic mass is 10.1. The third-order valence-electron chi connectivity index (χ3n) is 2.26. The van der Waals surface area contributed by atoms with Gasteiger partial charge in [0.2, 0.25) is 5.91 Å². The van der Waals surface area contributed by atoms with E-state index < -0.39 is 5.54 Å². The summed E-state index contributed by atoms with van der Waals surface area (Å²) in [7, 11) is 0. The molecule has 0 aliphatic carbocycles. The first-order valence-corrected chi connectivity index (χ1v) is 6.22. The van der Waals surface area contributed by atoms with Gasteiger partial charge in [0.25, 0.3) is 0 Å². The summed E-state index contributed by atoms with van der Waals surface area (Å²) in [6.45, 7) is 9.02. The highest BCUT2D eigenvalue weighted by Crippen LogP contribution is 2.11. The number of nitrogens with one attached hydrogen (secondary N) is 2. The van der Waals surface area contributed by atoms with Crippen molar-refractivity contribution in [2.24, 2.45) is 0 Å². The van der Waals surface area contributed by atoms with Crippen LogP contribution in [0.15, 0.2) is 6.20 Å². The van der Waals surface area contributed by atoms with E-state index in [0.29, 0.717) is 6.54 Å². The van der Waals surface area contributed by atoms with E-state index in [2.05, 4.69) is 15.6 Å². The number of carbonyl (C=O) groups is 1. The molecule has 0 fully saturated rings. The molecule has 1 aromatic rings. The number of hydrogen-bond acceptors (Lipinski definition) is 4. The zero-order valence-corrected chi connectivity index (χ0v) is 11.1. The van der Waals surface area contributed by atoms with Crippen molar-refractivity contribution in [2.45, 2.75) is 39.8 Å². The summed E-state index contributed by atoms with van der Waals surface area (Å²) in [6.07, 6.45) is 1.82. The van der Waals surface area contributed by atoms with Gasteiger partial charge in [-0.1, -0.05) is 6.92 Å². The quantitative estimate of drug-likeness (QED) is 0.820. The van der Waals surface area contributed by atoms with Crippen LogP contribution in [0.3, 0.4) is 0 Å². The molecule has 2 N–H and O–H groups in total. The molecule has 16 heavy (non-hydrogen) atoms. The van der Waals surface area contributed by atoms with Crippen LogP contribution in [0.5, 0.6) is 0 Å². The highest BCUT2D eigenvalue weighted by molar-refractivity contribution is 7.11. The minimum Gasteiger partial charge on any atom is -0.348 e. The van der Waals surface area contributed by atoms with Gasteiger partial charge in [0.1, 0.15) is 5.01 Å². The molecule has 0 unspecified atom stereocenters. The summed E-state index contributed by atoms with van der Waals surface area (Å²) in [6, 6.07) is 0. The van der Waals surface area contributed by atoms with Crippen molar-refractivity contribution < 1.29 is 4.79 Å². The van der Waals surface area contributed by atoms with E-state index in [1.54, 1.807) is 11.3 Å². The molecule has 0 radical (unpaired) electrons. The first-order valence-electron chi connectivity index (χ1n) is 5.40. The number of thiazole rings is 1. The normalized spacial score (nSPS) is 11.5. The molecule has 1 aromatic heterocycles. The highest BCUT2D eigenvalue weighted by atomic mass is 32.1. The van der Waals surface area contributed by atoms with Crippen LogP contribution >= 0.6 is 11.3 Å². The van der Waals surface area contributed by atoms with Gasteiger partial charge in [0, 0.05) is 11.1 Å². The molecule has 4 nitrogen and oxygen atoms in total. The van der Waals surface area contributed by atoms with Crippen molar-refractivity contribution in [1.82, 2.24) is 15.6 Å². The van der Waals surface area contributed by atoms with Gasteiger partial charge in [0.15, 0.2) is 0 Å². The van der Waals surface area contributed by atoms with Crippen molar-refractivity contribution in [3.05, 3.63) is 16.1 Å². The second kappa shape index (κ2) is 5.41. The second-order valence-corrected chi connectivity index (χ2v) is 5.52. The van der Waals surface area contributed by atoms with Crippen LogP contribution in [0.25, 0.3) is 0 Å². The summed E-state index contributed by atoms with van der Waals surface area (Å²) < 4.78 is 0. The van der Waals surface area contributed by atoms with E-state index in [9.17, 15) is 4.79 Å². The molecule has 0 aliphatic heterocycles. The molecule has 0 atom stereocenters. The Morgan fingerprint density at radius 1 is 1.56 bits per heavy atom. The highest BCUT2D eigenvalue weighted by Gasteiger charge is 2.25.